The maximum absolute atomic E-state index is 12.8. The van der Waals surface area contributed by atoms with Gasteiger partial charge in [-0.1, -0.05) is 25.9 Å². The van der Waals surface area contributed by atoms with E-state index in [9.17, 15) is 24.3 Å². The molecule has 4 N–H and O–H groups in total. The van der Waals surface area contributed by atoms with Crippen molar-refractivity contribution in [3.05, 3.63) is 17.5 Å². The topological polar surface area (TPSA) is 154 Å². The van der Waals surface area contributed by atoms with E-state index in [-0.39, 0.29) is 30.0 Å². The van der Waals surface area contributed by atoms with E-state index in [1.54, 1.807) is 6.92 Å². The van der Waals surface area contributed by atoms with Crippen molar-refractivity contribution < 1.29 is 28.8 Å². The summed E-state index contributed by atoms with van der Waals surface area (Å²) in [6.45, 7) is 7.58. The average molecular weight is 409 g/mol. The van der Waals surface area contributed by atoms with Gasteiger partial charge in [-0.15, -0.1) is 0 Å². The molecule has 1 aliphatic rings. The Morgan fingerprint density at radius 3 is 2.59 bits per heavy atom. The van der Waals surface area contributed by atoms with Crippen LogP contribution < -0.4 is 16.1 Å². The van der Waals surface area contributed by atoms with Crippen molar-refractivity contribution in [2.75, 3.05) is 13.1 Å². The first-order valence-electron chi connectivity index (χ1n) is 9.29. The van der Waals surface area contributed by atoms with E-state index in [2.05, 4.69) is 21.2 Å². The molecule has 1 aliphatic heterocycles. The van der Waals surface area contributed by atoms with E-state index in [0.29, 0.717) is 23.7 Å². The summed E-state index contributed by atoms with van der Waals surface area (Å²) in [7, 11) is 0. The van der Waals surface area contributed by atoms with Gasteiger partial charge in [0.15, 0.2) is 5.69 Å². The Balaban J connectivity index is 2.10. The molecule has 160 valence electrons. The van der Waals surface area contributed by atoms with Crippen LogP contribution in [0.2, 0.25) is 0 Å². The molecule has 2 heterocycles. The minimum absolute atomic E-state index is 0.0203. The number of nitrogens with one attached hydrogen (secondary N) is 3. The predicted molar refractivity (Wildman–Crippen MR) is 101 cm³/mol. The van der Waals surface area contributed by atoms with Crippen LogP contribution in [0.3, 0.4) is 0 Å². The Morgan fingerprint density at radius 2 is 2.10 bits per heavy atom. The van der Waals surface area contributed by atoms with Crippen LogP contribution in [-0.4, -0.2) is 58.2 Å². The van der Waals surface area contributed by atoms with Crippen LogP contribution in [0.15, 0.2) is 10.6 Å². The third-order valence-electron chi connectivity index (χ3n) is 4.34. The molecule has 0 aliphatic carbocycles. The second-order valence-electron chi connectivity index (χ2n) is 8.26. The number of hydrazine groups is 1. The average Bonchev–Trinajstić information content (AvgIpc) is 3.21. The molecule has 1 fully saturated rings. The SMILES string of the molecule is Cc1cc(C(=O)NC(CC(C)(C)C)C(=O)NN(C[C@@H]2CCNC2=O)C(=O)O)no1. The number of carboxylic acid groups (broad SMARTS) is 1. The van der Waals surface area contributed by atoms with Crippen molar-refractivity contribution in [1.82, 2.24) is 26.2 Å². The van der Waals surface area contributed by atoms with Crippen molar-refractivity contribution >= 4 is 23.8 Å². The summed E-state index contributed by atoms with van der Waals surface area (Å²) in [6, 6.07) is 0.419. The number of rotatable bonds is 6. The van der Waals surface area contributed by atoms with Gasteiger partial charge in [0.2, 0.25) is 5.91 Å². The lowest BCUT2D eigenvalue weighted by molar-refractivity contribution is -0.129. The van der Waals surface area contributed by atoms with E-state index in [1.165, 1.54) is 6.07 Å². The molecule has 29 heavy (non-hydrogen) atoms. The lowest BCUT2D eigenvalue weighted by Crippen LogP contribution is -2.56. The number of carbonyl (C=O) groups is 4. The van der Waals surface area contributed by atoms with Gasteiger partial charge in [0.25, 0.3) is 11.8 Å². The first-order chi connectivity index (χ1) is 13.5. The van der Waals surface area contributed by atoms with Gasteiger partial charge in [-0.3, -0.25) is 19.8 Å². The van der Waals surface area contributed by atoms with Gasteiger partial charge in [0.05, 0.1) is 12.5 Å². The number of carbonyl (C=O) groups excluding carboxylic acids is 3. The van der Waals surface area contributed by atoms with Crippen molar-refractivity contribution in [3.63, 3.8) is 0 Å². The van der Waals surface area contributed by atoms with Crippen molar-refractivity contribution in [2.24, 2.45) is 11.3 Å². The van der Waals surface area contributed by atoms with Crippen LogP contribution in [0.25, 0.3) is 0 Å². The highest BCUT2D eigenvalue weighted by atomic mass is 16.5. The Bertz CT molecular complexity index is 784. The molecule has 2 atom stereocenters. The van der Waals surface area contributed by atoms with Crippen molar-refractivity contribution in [3.8, 4) is 0 Å². The molecule has 1 aromatic heterocycles. The maximum Gasteiger partial charge on any atom is 0.426 e. The lowest BCUT2D eigenvalue weighted by Gasteiger charge is -2.29. The summed E-state index contributed by atoms with van der Waals surface area (Å²) < 4.78 is 4.87. The Labute approximate surface area is 168 Å². The molecule has 11 heteroatoms. The smallest absolute Gasteiger partial charge is 0.426 e. The largest absolute Gasteiger partial charge is 0.464 e. The molecule has 0 spiro atoms. The number of hydrogen-bond acceptors (Lipinski definition) is 6. The molecule has 1 aromatic rings. The molecule has 11 nitrogen and oxygen atoms in total. The summed E-state index contributed by atoms with van der Waals surface area (Å²) in [5, 5.41) is 18.9. The first kappa shape index (κ1) is 22.2. The standard InChI is InChI=1S/C18H27N5O6/c1-10-7-12(22-29-10)15(25)20-13(8-18(2,3)4)16(26)21-23(17(27)28)9-11-5-6-19-14(11)24/h7,11,13H,5-6,8-9H2,1-4H3,(H,19,24)(H,20,25)(H,21,26)(H,27,28)/t11-,13?/m0/s1. The van der Waals surface area contributed by atoms with Crippen LogP contribution >= 0.6 is 0 Å². The fraction of sp³-hybridized carbons (Fsp3) is 0.611. The highest BCUT2D eigenvalue weighted by molar-refractivity contribution is 5.96. The fourth-order valence-electron chi connectivity index (χ4n) is 2.95. The summed E-state index contributed by atoms with van der Waals surface area (Å²) in [6.07, 6.45) is -0.670. The molecule has 1 unspecified atom stereocenters. The monoisotopic (exact) mass is 409 g/mol. The summed E-state index contributed by atoms with van der Waals surface area (Å²) in [4.78, 5) is 48.5. The van der Waals surface area contributed by atoms with Gasteiger partial charge in [-0.2, -0.15) is 0 Å². The normalized spacial score (nSPS) is 17.4. The third kappa shape index (κ3) is 6.47. The molecule has 0 bridgehead atoms. The molecule has 0 radical (unpaired) electrons. The van der Waals surface area contributed by atoms with Gasteiger partial charge in [-0.05, 0) is 25.2 Å². The molecular formula is C18H27N5O6. The van der Waals surface area contributed by atoms with Crippen LogP contribution in [0.1, 0.15) is 49.9 Å². The number of aromatic nitrogens is 1. The summed E-state index contributed by atoms with van der Waals surface area (Å²) >= 11 is 0. The molecule has 0 aromatic carbocycles. The van der Waals surface area contributed by atoms with E-state index >= 15 is 0 Å². The predicted octanol–water partition coefficient (Wildman–Crippen LogP) is 0.665. The number of hydrogen-bond donors (Lipinski definition) is 4. The Hall–Kier alpha value is -3.11. The van der Waals surface area contributed by atoms with Gasteiger partial charge in [-0.25, -0.2) is 9.80 Å². The third-order valence-corrected chi connectivity index (χ3v) is 4.34. The summed E-state index contributed by atoms with van der Waals surface area (Å²) in [5.74, 6) is -1.66. The lowest BCUT2D eigenvalue weighted by atomic mass is 9.87. The zero-order chi connectivity index (χ0) is 21.8. The highest BCUT2D eigenvalue weighted by Crippen LogP contribution is 2.21. The Kier molecular flexibility index (Phi) is 6.83. The maximum atomic E-state index is 12.8. The first-order valence-corrected chi connectivity index (χ1v) is 9.29. The number of amides is 4. The van der Waals surface area contributed by atoms with Crippen LogP contribution in [0.4, 0.5) is 4.79 Å². The minimum atomic E-state index is -1.40. The minimum Gasteiger partial charge on any atom is -0.464 e. The highest BCUT2D eigenvalue weighted by Gasteiger charge is 2.32. The molecular weight excluding hydrogens is 382 g/mol. The number of nitrogens with zero attached hydrogens (tertiary/aromatic N) is 2. The van der Waals surface area contributed by atoms with Gasteiger partial charge < -0.3 is 20.3 Å². The quantitative estimate of drug-likeness (QED) is 0.503. The van der Waals surface area contributed by atoms with E-state index in [1.807, 2.05) is 20.8 Å². The Morgan fingerprint density at radius 1 is 1.41 bits per heavy atom. The van der Waals surface area contributed by atoms with Gasteiger partial charge in [0, 0.05) is 12.6 Å². The van der Waals surface area contributed by atoms with Gasteiger partial charge >= 0.3 is 6.09 Å². The van der Waals surface area contributed by atoms with E-state index in [0.717, 1.165) is 0 Å². The van der Waals surface area contributed by atoms with Gasteiger partial charge in [0.1, 0.15) is 11.8 Å². The zero-order valence-corrected chi connectivity index (χ0v) is 16.9. The fourth-order valence-corrected chi connectivity index (χ4v) is 2.95. The molecule has 1 saturated heterocycles. The number of aryl methyl sites for hydroxylation is 1. The van der Waals surface area contributed by atoms with Crippen LogP contribution in [-0.2, 0) is 9.59 Å². The van der Waals surface area contributed by atoms with Crippen LogP contribution in [0, 0.1) is 18.3 Å². The van der Waals surface area contributed by atoms with Crippen molar-refractivity contribution in [2.45, 2.75) is 46.6 Å². The second kappa shape index (κ2) is 8.93. The van der Waals surface area contributed by atoms with Crippen LogP contribution in [0.5, 0.6) is 0 Å². The van der Waals surface area contributed by atoms with E-state index < -0.39 is 29.9 Å². The molecule has 0 saturated carbocycles. The molecule has 4 amide bonds. The molecule has 2 rings (SSSR count). The second-order valence-corrected chi connectivity index (χ2v) is 8.26. The van der Waals surface area contributed by atoms with E-state index in [4.69, 9.17) is 4.52 Å². The van der Waals surface area contributed by atoms with Crippen molar-refractivity contribution in [1.29, 1.82) is 0 Å². The summed E-state index contributed by atoms with van der Waals surface area (Å²) in [5.41, 5.74) is 1.99. The zero-order valence-electron chi connectivity index (χ0n) is 16.9.